The zero-order chi connectivity index (χ0) is 20.1. The van der Waals surface area contributed by atoms with Gasteiger partial charge in [0, 0.05) is 19.1 Å². The molecule has 3 aromatic rings. The molecule has 0 bridgehead atoms. The van der Waals surface area contributed by atoms with Gasteiger partial charge in [0.15, 0.2) is 10.8 Å². The first-order chi connectivity index (χ1) is 13.2. The summed E-state index contributed by atoms with van der Waals surface area (Å²) in [5.74, 6) is 0.189. The number of nitrogens with zero attached hydrogens (tertiary/aromatic N) is 4. The van der Waals surface area contributed by atoms with Crippen LogP contribution in [0, 0.1) is 13.8 Å². The number of phenolic OH excluding ortho intramolecular Hbond substituents is 1. The normalized spacial score (nSPS) is 18.6. The van der Waals surface area contributed by atoms with Crippen molar-refractivity contribution in [3.63, 3.8) is 0 Å². The molecule has 2 aromatic heterocycles. The van der Waals surface area contributed by atoms with Gasteiger partial charge in [0.05, 0.1) is 17.2 Å². The van der Waals surface area contributed by atoms with E-state index in [1.807, 2.05) is 26.1 Å². The van der Waals surface area contributed by atoms with Crippen LogP contribution in [-0.4, -0.2) is 58.0 Å². The van der Waals surface area contributed by atoms with E-state index in [0.29, 0.717) is 24.4 Å². The van der Waals surface area contributed by atoms with Crippen molar-refractivity contribution in [1.29, 1.82) is 0 Å². The Morgan fingerprint density at radius 1 is 1.32 bits per heavy atom. The highest BCUT2D eigenvalue weighted by Crippen LogP contribution is 2.31. The Kier molecular flexibility index (Phi) is 4.80. The number of thiazole rings is 1. The summed E-state index contributed by atoms with van der Waals surface area (Å²) < 4.78 is 27.6. The molecule has 1 aliphatic heterocycles. The summed E-state index contributed by atoms with van der Waals surface area (Å²) in [7, 11) is -3.18. The first-order valence-corrected chi connectivity index (χ1v) is 11.8. The lowest BCUT2D eigenvalue weighted by Gasteiger charge is -2.31. The van der Waals surface area contributed by atoms with Gasteiger partial charge >= 0.3 is 0 Å². The number of anilines is 1. The molecular formula is C18H23N5O3S2. The van der Waals surface area contributed by atoms with Gasteiger partial charge in [0.1, 0.15) is 11.4 Å². The monoisotopic (exact) mass is 421 g/mol. The maximum atomic E-state index is 11.8. The summed E-state index contributed by atoms with van der Waals surface area (Å²) in [6.45, 7) is 4.90. The lowest BCUT2D eigenvalue weighted by atomic mass is 10.1. The summed E-state index contributed by atoms with van der Waals surface area (Å²) in [6, 6.07) is 3.76. The maximum Gasteiger partial charge on any atom is 0.211 e. The third-order valence-corrected chi connectivity index (χ3v) is 7.09. The molecule has 28 heavy (non-hydrogen) atoms. The molecule has 0 amide bonds. The molecular weight excluding hydrogens is 398 g/mol. The summed E-state index contributed by atoms with van der Waals surface area (Å²) >= 11 is 1.47. The summed E-state index contributed by atoms with van der Waals surface area (Å²) in [5, 5.41) is 18.9. The number of fused-ring (bicyclic) bond motifs is 1. The van der Waals surface area contributed by atoms with E-state index in [4.69, 9.17) is 0 Å². The van der Waals surface area contributed by atoms with Gasteiger partial charge in [-0.3, -0.25) is 0 Å². The van der Waals surface area contributed by atoms with Crippen LogP contribution in [0.1, 0.15) is 24.0 Å². The zero-order valence-corrected chi connectivity index (χ0v) is 17.6. The molecule has 1 fully saturated rings. The van der Waals surface area contributed by atoms with Crippen LogP contribution in [0.15, 0.2) is 18.3 Å². The van der Waals surface area contributed by atoms with Crippen LogP contribution in [-0.2, 0) is 10.0 Å². The fourth-order valence-electron chi connectivity index (χ4n) is 3.67. The number of aryl methyl sites for hydroxylation is 2. The van der Waals surface area contributed by atoms with Crippen molar-refractivity contribution in [2.45, 2.75) is 32.7 Å². The van der Waals surface area contributed by atoms with Gasteiger partial charge in [-0.15, -0.1) is 5.10 Å². The molecule has 0 aliphatic carbocycles. The smallest absolute Gasteiger partial charge is 0.211 e. The molecule has 2 N–H and O–H groups in total. The minimum atomic E-state index is -3.18. The van der Waals surface area contributed by atoms with Crippen LogP contribution < -0.4 is 5.32 Å². The number of phenols is 1. The average molecular weight is 422 g/mol. The van der Waals surface area contributed by atoms with E-state index in [2.05, 4.69) is 15.4 Å². The zero-order valence-electron chi connectivity index (χ0n) is 16.0. The quantitative estimate of drug-likeness (QED) is 0.672. The van der Waals surface area contributed by atoms with Crippen LogP contribution in [0.25, 0.3) is 16.0 Å². The first-order valence-electron chi connectivity index (χ1n) is 9.09. The van der Waals surface area contributed by atoms with E-state index in [1.54, 1.807) is 10.7 Å². The highest BCUT2D eigenvalue weighted by molar-refractivity contribution is 7.88. The van der Waals surface area contributed by atoms with Crippen molar-refractivity contribution in [2.24, 2.45) is 0 Å². The Morgan fingerprint density at radius 3 is 2.79 bits per heavy atom. The summed E-state index contributed by atoms with van der Waals surface area (Å²) in [6.07, 6.45) is 4.84. The van der Waals surface area contributed by atoms with Crippen molar-refractivity contribution in [3.05, 3.63) is 29.5 Å². The van der Waals surface area contributed by atoms with Gasteiger partial charge in [-0.05, 0) is 43.9 Å². The number of benzene rings is 1. The Labute approximate surface area is 167 Å². The van der Waals surface area contributed by atoms with Crippen molar-refractivity contribution in [1.82, 2.24) is 19.1 Å². The van der Waals surface area contributed by atoms with E-state index in [-0.39, 0.29) is 11.8 Å². The van der Waals surface area contributed by atoms with Crippen molar-refractivity contribution in [2.75, 3.05) is 24.7 Å². The molecule has 3 heterocycles. The van der Waals surface area contributed by atoms with Gasteiger partial charge in [-0.25, -0.2) is 17.4 Å². The molecule has 1 aromatic carbocycles. The largest absolute Gasteiger partial charge is 0.506 e. The summed E-state index contributed by atoms with van der Waals surface area (Å²) in [5.41, 5.74) is 3.19. The van der Waals surface area contributed by atoms with Gasteiger partial charge in [0.25, 0.3) is 0 Å². The third-order valence-electron chi connectivity index (χ3n) is 4.91. The number of aromatic hydroxyl groups is 1. The Morgan fingerprint density at radius 2 is 2.11 bits per heavy atom. The van der Waals surface area contributed by atoms with E-state index in [9.17, 15) is 13.5 Å². The van der Waals surface area contributed by atoms with E-state index in [0.717, 1.165) is 33.8 Å². The van der Waals surface area contributed by atoms with Gasteiger partial charge in [-0.1, -0.05) is 17.4 Å². The Hall–Kier alpha value is -2.17. The molecule has 0 spiro atoms. The number of rotatable bonds is 4. The Balaban J connectivity index is 1.55. The number of piperidine rings is 1. The SMILES string of the molecule is Cc1cc(C)c(-n2cc3sc(NC4CCCN(S(C)(=O)=O)C4)nc3n2)c(O)c1. The molecule has 1 atom stereocenters. The molecule has 1 unspecified atom stereocenters. The van der Waals surface area contributed by atoms with Gasteiger partial charge in [-0.2, -0.15) is 4.98 Å². The van der Waals surface area contributed by atoms with Crippen molar-refractivity contribution >= 4 is 36.8 Å². The van der Waals surface area contributed by atoms with Crippen molar-refractivity contribution < 1.29 is 13.5 Å². The molecule has 4 rings (SSSR count). The fraction of sp³-hybridized carbons (Fsp3) is 0.444. The van der Waals surface area contributed by atoms with E-state index in [1.165, 1.54) is 21.9 Å². The van der Waals surface area contributed by atoms with E-state index < -0.39 is 10.0 Å². The number of hydrogen-bond donors (Lipinski definition) is 2. The maximum absolute atomic E-state index is 11.8. The second-order valence-electron chi connectivity index (χ2n) is 7.33. The van der Waals surface area contributed by atoms with E-state index >= 15 is 0 Å². The minimum Gasteiger partial charge on any atom is -0.506 e. The van der Waals surface area contributed by atoms with Crippen LogP contribution >= 0.6 is 11.3 Å². The Bertz CT molecular complexity index is 1080. The van der Waals surface area contributed by atoms with Crippen molar-refractivity contribution in [3.8, 4) is 11.4 Å². The first kappa shape index (κ1) is 19.2. The molecule has 150 valence electrons. The average Bonchev–Trinajstić information content (AvgIpc) is 3.11. The van der Waals surface area contributed by atoms with Gasteiger partial charge < -0.3 is 10.4 Å². The highest BCUT2D eigenvalue weighted by atomic mass is 32.2. The second kappa shape index (κ2) is 7.02. The number of hydrogen-bond acceptors (Lipinski definition) is 7. The molecule has 0 radical (unpaired) electrons. The molecule has 1 saturated heterocycles. The van der Waals surface area contributed by atoms with Gasteiger partial charge in [0.2, 0.25) is 10.0 Å². The lowest BCUT2D eigenvalue weighted by molar-refractivity contribution is 0.329. The van der Waals surface area contributed by atoms with Crippen LogP contribution in [0.4, 0.5) is 5.13 Å². The second-order valence-corrected chi connectivity index (χ2v) is 10.3. The third kappa shape index (κ3) is 3.71. The highest BCUT2D eigenvalue weighted by Gasteiger charge is 2.26. The predicted octanol–water partition coefficient (Wildman–Crippen LogP) is 2.64. The number of sulfonamides is 1. The minimum absolute atomic E-state index is 0.0363. The molecule has 1 aliphatic rings. The van der Waals surface area contributed by atoms with Crippen LogP contribution in [0.2, 0.25) is 0 Å². The molecule has 0 saturated carbocycles. The molecule has 10 heteroatoms. The molecule has 8 nitrogen and oxygen atoms in total. The number of aromatic nitrogens is 3. The van der Waals surface area contributed by atoms with Crippen LogP contribution in [0.3, 0.4) is 0 Å². The lowest BCUT2D eigenvalue weighted by Crippen LogP contribution is -2.44. The number of nitrogens with one attached hydrogen (secondary N) is 1. The summed E-state index contributed by atoms with van der Waals surface area (Å²) in [4.78, 5) is 4.54. The topological polar surface area (TPSA) is 100 Å². The van der Waals surface area contributed by atoms with Crippen LogP contribution in [0.5, 0.6) is 5.75 Å². The predicted molar refractivity (Wildman–Crippen MR) is 111 cm³/mol. The standard InChI is InChI=1S/C18H23N5O3S2/c1-11-7-12(2)16(14(24)8-11)23-10-15-17(21-23)20-18(27-15)19-13-5-4-6-22(9-13)28(3,25)26/h7-8,10,13,24H,4-6,9H2,1-3H3,(H,19,20,21). The fourth-order valence-corrected chi connectivity index (χ4v) is 5.48.